The minimum atomic E-state index is -3.51. The van der Waals surface area contributed by atoms with Gasteiger partial charge in [0.15, 0.2) is 0 Å². The number of rotatable bonds is 5. The minimum absolute atomic E-state index is 0.155. The summed E-state index contributed by atoms with van der Waals surface area (Å²) in [5.41, 5.74) is 1.41. The van der Waals surface area contributed by atoms with Gasteiger partial charge in [0.1, 0.15) is 6.54 Å². The topological polar surface area (TPSA) is 66.5 Å². The first-order valence-corrected chi connectivity index (χ1v) is 10.0. The number of aryl methyl sites for hydroxylation is 1. The van der Waals surface area contributed by atoms with E-state index in [1.165, 1.54) is 23.6 Å². The Hall–Kier alpha value is -1.56. The van der Waals surface area contributed by atoms with E-state index in [2.05, 4.69) is 5.32 Å². The summed E-state index contributed by atoms with van der Waals surface area (Å²) in [6.07, 6.45) is 5.85. The number of sulfonamides is 1. The number of anilines is 1. The maximum Gasteiger partial charge on any atom is 0.241 e. The molecule has 0 aliphatic heterocycles. The number of carbonyl (C=O) groups is 1. The maximum atomic E-state index is 12.4. The standard InChI is InChI=1S/C17H24N2O3S/c1-12-5-3-4-6-16(12)19(23(2,21)22)11-17(20)18-15-10-13-7-8-14(15)9-13/h3-6,13-15H,7-11H2,1-2H3,(H,18,20)/t13-,14+,15-/m1/s1. The highest BCUT2D eigenvalue weighted by atomic mass is 32.2. The highest BCUT2D eigenvalue weighted by Crippen LogP contribution is 2.44. The number of nitrogens with zero attached hydrogens (tertiary/aromatic N) is 1. The Balaban J connectivity index is 1.72. The van der Waals surface area contributed by atoms with E-state index in [-0.39, 0.29) is 18.5 Å². The Morgan fingerprint density at radius 3 is 2.57 bits per heavy atom. The molecule has 1 N–H and O–H groups in total. The zero-order valence-electron chi connectivity index (χ0n) is 13.7. The summed E-state index contributed by atoms with van der Waals surface area (Å²) in [7, 11) is -3.51. The van der Waals surface area contributed by atoms with E-state index < -0.39 is 10.0 Å². The molecule has 6 heteroatoms. The zero-order valence-corrected chi connectivity index (χ0v) is 14.5. The zero-order chi connectivity index (χ0) is 16.6. The molecule has 2 saturated carbocycles. The van der Waals surface area contributed by atoms with E-state index in [1.54, 1.807) is 12.1 Å². The lowest BCUT2D eigenvalue weighted by Gasteiger charge is -2.27. The van der Waals surface area contributed by atoms with Crippen LogP contribution in [0.15, 0.2) is 24.3 Å². The van der Waals surface area contributed by atoms with E-state index in [9.17, 15) is 13.2 Å². The molecule has 23 heavy (non-hydrogen) atoms. The van der Waals surface area contributed by atoms with Crippen LogP contribution in [0.1, 0.15) is 31.2 Å². The van der Waals surface area contributed by atoms with Gasteiger partial charge in [-0.2, -0.15) is 0 Å². The number of hydrogen-bond acceptors (Lipinski definition) is 3. The molecule has 0 aromatic heterocycles. The van der Waals surface area contributed by atoms with Gasteiger partial charge in [0.25, 0.3) is 0 Å². The van der Waals surface area contributed by atoms with Crippen molar-refractivity contribution in [3.8, 4) is 0 Å². The van der Waals surface area contributed by atoms with Crippen LogP contribution in [0.2, 0.25) is 0 Å². The van der Waals surface area contributed by atoms with Crippen LogP contribution >= 0.6 is 0 Å². The number of nitrogens with one attached hydrogen (secondary N) is 1. The van der Waals surface area contributed by atoms with Crippen LogP contribution in [-0.4, -0.2) is 33.2 Å². The van der Waals surface area contributed by atoms with Crippen molar-refractivity contribution >= 4 is 21.6 Å². The van der Waals surface area contributed by atoms with Gasteiger partial charge in [-0.25, -0.2) is 8.42 Å². The van der Waals surface area contributed by atoms with Crippen molar-refractivity contribution < 1.29 is 13.2 Å². The Morgan fingerprint density at radius 2 is 2.00 bits per heavy atom. The number of fused-ring (bicyclic) bond motifs is 2. The van der Waals surface area contributed by atoms with Gasteiger partial charge in [-0.1, -0.05) is 24.6 Å². The average Bonchev–Trinajstić information content (AvgIpc) is 3.07. The van der Waals surface area contributed by atoms with E-state index >= 15 is 0 Å². The van der Waals surface area contributed by atoms with Crippen LogP contribution in [0, 0.1) is 18.8 Å². The Morgan fingerprint density at radius 1 is 1.26 bits per heavy atom. The summed E-state index contributed by atoms with van der Waals surface area (Å²) >= 11 is 0. The quantitative estimate of drug-likeness (QED) is 0.895. The molecule has 2 fully saturated rings. The lowest BCUT2D eigenvalue weighted by Crippen LogP contribution is -2.45. The predicted molar refractivity (Wildman–Crippen MR) is 90.7 cm³/mol. The SMILES string of the molecule is Cc1ccccc1N(CC(=O)N[C@@H]1C[C@@H]2CC[C@H]1C2)S(C)(=O)=O. The maximum absolute atomic E-state index is 12.4. The summed E-state index contributed by atoms with van der Waals surface area (Å²) < 4.78 is 25.5. The molecular weight excluding hydrogens is 312 g/mol. The first kappa shape index (κ1) is 16.3. The van der Waals surface area contributed by atoms with Crippen LogP contribution in [0.25, 0.3) is 0 Å². The largest absolute Gasteiger partial charge is 0.352 e. The molecule has 3 rings (SSSR count). The third-order valence-corrected chi connectivity index (χ3v) is 6.28. The highest BCUT2D eigenvalue weighted by Gasteiger charge is 2.40. The second-order valence-electron chi connectivity index (χ2n) is 6.90. The van der Waals surface area contributed by atoms with E-state index in [0.717, 1.165) is 24.2 Å². The molecule has 3 atom stereocenters. The molecule has 0 radical (unpaired) electrons. The van der Waals surface area contributed by atoms with Gasteiger partial charge in [-0.15, -0.1) is 0 Å². The van der Waals surface area contributed by atoms with Gasteiger partial charge >= 0.3 is 0 Å². The second-order valence-corrected chi connectivity index (χ2v) is 8.81. The summed E-state index contributed by atoms with van der Waals surface area (Å²) in [5, 5.41) is 3.06. The number of benzene rings is 1. The fourth-order valence-corrected chi connectivity index (χ4v) is 4.94. The number of amides is 1. The fraction of sp³-hybridized carbons (Fsp3) is 0.588. The molecular formula is C17H24N2O3S. The van der Waals surface area contributed by atoms with Crippen molar-refractivity contribution in [2.75, 3.05) is 17.1 Å². The van der Waals surface area contributed by atoms with Crippen LogP contribution in [0.3, 0.4) is 0 Å². The van der Waals surface area contributed by atoms with E-state index in [0.29, 0.717) is 11.6 Å². The van der Waals surface area contributed by atoms with Gasteiger partial charge < -0.3 is 5.32 Å². The van der Waals surface area contributed by atoms with Crippen LogP contribution in [-0.2, 0) is 14.8 Å². The van der Waals surface area contributed by atoms with Crippen LogP contribution in [0.4, 0.5) is 5.69 Å². The molecule has 0 saturated heterocycles. The van der Waals surface area contributed by atoms with Crippen molar-refractivity contribution in [1.29, 1.82) is 0 Å². The second kappa shape index (κ2) is 6.15. The molecule has 0 spiro atoms. The van der Waals surface area contributed by atoms with Crippen molar-refractivity contribution in [1.82, 2.24) is 5.32 Å². The van der Waals surface area contributed by atoms with Crippen molar-refractivity contribution in [2.45, 2.75) is 38.6 Å². The van der Waals surface area contributed by atoms with Gasteiger partial charge in [-0.3, -0.25) is 9.10 Å². The average molecular weight is 336 g/mol. The predicted octanol–water partition coefficient (Wildman–Crippen LogP) is 2.07. The van der Waals surface area contributed by atoms with Gasteiger partial charge in [0.2, 0.25) is 15.9 Å². The molecule has 126 valence electrons. The number of hydrogen-bond donors (Lipinski definition) is 1. The van der Waals surface area contributed by atoms with Gasteiger partial charge in [-0.05, 0) is 49.7 Å². The van der Waals surface area contributed by atoms with E-state index in [1.807, 2.05) is 19.1 Å². The first-order valence-electron chi connectivity index (χ1n) is 8.17. The highest BCUT2D eigenvalue weighted by molar-refractivity contribution is 7.92. The number of para-hydroxylation sites is 1. The van der Waals surface area contributed by atoms with Crippen molar-refractivity contribution in [2.24, 2.45) is 11.8 Å². The molecule has 1 aromatic rings. The van der Waals surface area contributed by atoms with Crippen molar-refractivity contribution in [3.05, 3.63) is 29.8 Å². The summed E-state index contributed by atoms with van der Waals surface area (Å²) in [6.45, 7) is 1.69. The molecule has 0 heterocycles. The molecule has 2 bridgehead atoms. The van der Waals surface area contributed by atoms with Crippen molar-refractivity contribution in [3.63, 3.8) is 0 Å². The summed E-state index contributed by atoms with van der Waals surface area (Å²) in [6, 6.07) is 7.45. The van der Waals surface area contributed by atoms with Crippen LogP contribution < -0.4 is 9.62 Å². The number of carbonyl (C=O) groups excluding carboxylic acids is 1. The lowest BCUT2D eigenvalue weighted by atomic mass is 9.95. The lowest BCUT2D eigenvalue weighted by molar-refractivity contribution is -0.120. The Bertz CT molecular complexity index is 702. The molecule has 1 aromatic carbocycles. The fourth-order valence-electron chi connectivity index (χ4n) is 4.03. The summed E-state index contributed by atoms with van der Waals surface area (Å²) in [4.78, 5) is 12.4. The third-order valence-electron chi connectivity index (χ3n) is 5.16. The van der Waals surface area contributed by atoms with Gasteiger partial charge in [0.05, 0.1) is 11.9 Å². The molecule has 2 aliphatic rings. The first-order chi connectivity index (χ1) is 10.8. The third kappa shape index (κ3) is 3.52. The Labute approximate surface area is 138 Å². The minimum Gasteiger partial charge on any atom is -0.352 e. The normalized spacial score (nSPS) is 26.3. The monoisotopic (exact) mass is 336 g/mol. The molecule has 2 aliphatic carbocycles. The smallest absolute Gasteiger partial charge is 0.241 e. The van der Waals surface area contributed by atoms with Crippen LogP contribution in [0.5, 0.6) is 0 Å². The molecule has 5 nitrogen and oxygen atoms in total. The molecule has 0 unspecified atom stereocenters. The molecule has 1 amide bonds. The van der Waals surface area contributed by atoms with Gasteiger partial charge in [0, 0.05) is 6.04 Å². The summed E-state index contributed by atoms with van der Waals surface area (Å²) in [5.74, 6) is 1.11. The Kier molecular flexibility index (Phi) is 4.36. The van der Waals surface area contributed by atoms with E-state index in [4.69, 9.17) is 0 Å².